The van der Waals surface area contributed by atoms with Crippen LogP contribution in [0.5, 0.6) is 0 Å². The van der Waals surface area contributed by atoms with E-state index in [4.69, 9.17) is 4.74 Å². The van der Waals surface area contributed by atoms with Crippen molar-refractivity contribution in [2.24, 2.45) is 10.8 Å². The molecule has 146 valence electrons. The molecule has 2 rings (SSSR count). The van der Waals surface area contributed by atoms with Gasteiger partial charge in [-0.25, -0.2) is 4.79 Å². The van der Waals surface area contributed by atoms with E-state index in [0.29, 0.717) is 25.9 Å². The molecule has 5 heteroatoms. The highest BCUT2D eigenvalue weighted by atomic mass is 16.6. The first kappa shape index (κ1) is 20.5. The molecule has 2 unspecified atom stereocenters. The van der Waals surface area contributed by atoms with Gasteiger partial charge in [0.2, 0.25) is 0 Å². The SMILES string of the molecule is CC1(C)CCCC(O)(C2(CO)CCCN(C(=O)OC(C)(C)C)C2)CC1. The van der Waals surface area contributed by atoms with Gasteiger partial charge in [0, 0.05) is 18.5 Å². The third kappa shape index (κ3) is 4.68. The lowest BCUT2D eigenvalue weighted by atomic mass is 9.64. The zero-order valence-electron chi connectivity index (χ0n) is 16.7. The maximum absolute atomic E-state index is 12.5. The standard InChI is InChI=1S/C20H37NO4/c1-17(2,3)25-16(23)21-13-7-9-19(14-21,15-22)20(24)10-6-8-18(4,5)11-12-20/h22,24H,6-15H2,1-5H3. The van der Waals surface area contributed by atoms with Crippen molar-refractivity contribution in [1.29, 1.82) is 0 Å². The van der Waals surface area contributed by atoms with Crippen LogP contribution < -0.4 is 0 Å². The Kier molecular flexibility index (Phi) is 5.80. The monoisotopic (exact) mass is 355 g/mol. The Labute approximate surface area is 152 Å². The minimum absolute atomic E-state index is 0.0940. The van der Waals surface area contributed by atoms with Crippen LogP contribution in [-0.2, 0) is 4.74 Å². The summed E-state index contributed by atoms with van der Waals surface area (Å²) in [5, 5.41) is 21.8. The zero-order valence-corrected chi connectivity index (χ0v) is 16.7. The molecule has 25 heavy (non-hydrogen) atoms. The Morgan fingerprint density at radius 2 is 1.76 bits per heavy atom. The molecule has 2 fully saturated rings. The Bertz CT molecular complexity index is 485. The van der Waals surface area contributed by atoms with E-state index in [0.717, 1.165) is 32.1 Å². The van der Waals surface area contributed by atoms with E-state index in [9.17, 15) is 15.0 Å². The van der Waals surface area contributed by atoms with Crippen molar-refractivity contribution >= 4 is 6.09 Å². The van der Waals surface area contributed by atoms with Gasteiger partial charge in [0.1, 0.15) is 5.60 Å². The van der Waals surface area contributed by atoms with Crippen molar-refractivity contribution in [1.82, 2.24) is 4.90 Å². The first-order valence-corrected chi connectivity index (χ1v) is 9.73. The molecule has 1 saturated carbocycles. The lowest BCUT2D eigenvalue weighted by molar-refractivity contribution is -0.146. The number of likely N-dealkylation sites (tertiary alicyclic amines) is 1. The van der Waals surface area contributed by atoms with Crippen LogP contribution >= 0.6 is 0 Å². The minimum Gasteiger partial charge on any atom is -0.444 e. The molecule has 1 amide bonds. The third-order valence-corrected chi connectivity index (χ3v) is 6.18. The molecule has 2 atom stereocenters. The van der Waals surface area contributed by atoms with Gasteiger partial charge in [-0.15, -0.1) is 0 Å². The number of piperidine rings is 1. The van der Waals surface area contributed by atoms with Crippen molar-refractivity contribution in [3.05, 3.63) is 0 Å². The highest BCUT2D eigenvalue weighted by molar-refractivity contribution is 5.68. The molecule has 2 N–H and O–H groups in total. The molecule has 1 aliphatic heterocycles. The molecular formula is C20H37NO4. The number of ether oxygens (including phenoxy) is 1. The van der Waals surface area contributed by atoms with Gasteiger partial charge in [-0.1, -0.05) is 20.3 Å². The summed E-state index contributed by atoms with van der Waals surface area (Å²) in [6, 6.07) is 0. The molecule has 0 aromatic heterocycles. The number of carbonyl (C=O) groups is 1. The zero-order chi connectivity index (χ0) is 18.9. The predicted molar refractivity (Wildman–Crippen MR) is 98.4 cm³/mol. The van der Waals surface area contributed by atoms with E-state index in [2.05, 4.69) is 13.8 Å². The molecule has 1 aliphatic carbocycles. The van der Waals surface area contributed by atoms with Crippen molar-refractivity contribution < 1.29 is 19.7 Å². The van der Waals surface area contributed by atoms with Gasteiger partial charge in [-0.05, 0) is 64.7 Å². The van der Waals surface area contributed by atoms with Crippen molar-refractivity contribution in [2.75, 3.05) is 19.7 Å². The van der Waals surface area contributed by atoms with E-state index in [1.807, 2.05) is 20.8 Å². The Morgan fingerprint density at radius 1 is 1.08 bits per heavy atom. The first-order valence-electron chi connectivity index (χ1n) is 9.73. The van der Waals surface area contributed by atoms with Gasteiger partial charge in [-0.3, -0.25) is 0 Å². The van der Waals surface area contributed by atoms with Gasteiger partial charge in [0.15, 0.2) is 0 Å². The molecule has 1 heterocycles. The quantitative estimate of drug-likeness (QED) is 0.741. The van der Waals surface area contributed by atoms with Crippen LogP contribution in [0.4, 0.5) is 4.79 Å². The second-order valence-corrected chi connectivity index (χ2v) is 9.99. The normalized spacial score (nSPS) is 33.6. The summed E-state index contributed by atoms with van der Waals surface area (Å²) in [7, 11) is 0. The number of aliphatic hydroxyl groups excluding tert-OH is 1. The largest absolute Gasteiger partial charge is 0.444 e. The van der Waals surface area contributed by atoms with Crippen LogP contribution in [-0.4, -0.2) is 52.1 Å². The summed E-state index contributed by atoms with van der Waals surface area (Å²) < 4.78 is 5.52. The van der Waals surface area contributed by atoms with Crippen molar-refractivity contribution in [2.45, 2.75) is 90.8 Å². The van der Waals surface area contributed by atoms with Gasteiger partial charge in [-0.2, -0.15) is 0 Å². The fourth-order valence-electron chi connectivity index (χ4n) is 4.46. The van der Waals surface area contributed by atoms with Gasteiger partial charge in [0.25, 0.3) is 0 Å². The number of hydrogen-bond acceptors (Lipinski definition) is 4. The summed E-state index contributed by atoms with van der Waals surface area (Å²) in [6.07, 6.45) is 5.55. The van der Waals surface area contributed by atoms with Crippen LogP contribution in [0.3, 0.4) is 0 Å². The Hall–Kier alpha value is -0.810. The molecule has 2 aliphatic rings. The lowest BCUT2D eigenvalue weighted by Gasteiger charge is -2.51. The average molecular weight is 356 g/mol. The molecule has 0 aromatic rings. The second-order valence-electron chi connectivity index (χ2n) is 9.99. The van der Waals surface area contributed by atoms with Gasteiger partial charge in [0.05, 0.1) is 12.2 Å². The van der Waals surface area contributed by atoms with Crippen LogP contribution in [0.1, 0.15) is 79.6 Å². The average Bonchev–Trinajstić information content (AvgIpc) is 2.65. The van der Waals surface area contributed by atoms with E-state index >= 15 is 0 Å². The topological polar surface area (TPSA) is 70.0 Å². The maximum atomic E-state index is 12.5. The number of nitrogens with zero attached hydrogens (tertiary/aromatic N) is 1. The minimum atomic E-state index is -0.920. The van der Waals surface area contributed by atoms with Crippen LogP contribution in [0.2, 0.25) is 0 Å². The van der Waals surface area contributed by atoms with Gasteiger partial charge < -0.3 is 19.8 Å². The predicted octanol–water partition coefficient (Wildman–Crippen LogP) is 3.72. The summed E-state index contributed by atoms with van der Waals surface area (Å²) >= 11 is 0. The summed E-state index contributed by atoms with van der Waals surface area (Å²) in [5.74, 6) is 0. The van der Waals surface area contributed by atoms with Crippen molar-refractivity contribution in [3.8, 4) is 0 Å². The molecule has 0 bridgehead atoms. The fourth-order valence-corrected chi connectivity index (χ4v) is 4.46. The molecule has 0 aromatic carbocycles. The summed E-state index contributed by atoms with van der Waals surface area (Å²) in [5.41, 5.74) is -1.89. The second kappa shape index (κ2) is 7.07. The number of aliphatic hydroxyl groups is 2. The number of rotatable bonds is 2. The molecule has 1 saturated heterocycles. The van der Waals surface area contributed by atoms with Crippen molar-refractivity contribution in [3.63, 3.8) is 0 Å². The van der Waals surface area contributed by atoms with E-state index in [-0.39, 0.29) is 18.1 Å². The molecular weight excluding hydrogens is 318 g/mol. The van der Waals surface area contributed by atoms with Crippen LogP contribution in [0.25, 0.3) is 0 Å². The summed E-state index contributed by atoms with van der Waals surface area (Å²) in [4.78, 5) is 14.2. The highest BCUT2D eigenvalue weighted by Gasteiger charge is 2.53. The third-order valence-electron chi connectivity index (χ3n) is 6.18. The van der Waals surface area contributed by atoms with E-state index in [1.165, 1.54) is 0 Å². The number of hydrogen-bond donors (Lipinski definition) is 2. The smallest absolute Gasteiger partial charge is 0.410 e. The Balaban J connectivity index is 2.19. The van der Waals surface area contributed by atoms with Crippen LogP contribution in [0, 0.1) is 10.8 Å². The van der Waals surface area contributed by atoms with Crippen LogP contribution in [0.15, 0.2) is 0 Å². The van der Waals surface area contributed by atoms with E-state index < -0.39 is 16.6 Å². The number of carbonyl (C=O) groups excluding carboxylic acids is 1. The highest BCUT2D eigenvalue weighted by Crippen LogP contribution is 2.49. The van der Waals surface area contributed by atoms with Gasteiger partial charge >= 0.3 is 6.09 Å². The number of amides is 1. The molecule has 0 radical (unpaired) electrons. The van der Waals surface area contributed by atoms with E-state index in [1.54, 1.807) is 4.90 Å². The summed E-state index contributed by atoms with van der Waals surface area (Å²) in [6.45, 7) is 11.0. The fraction of sp³-hybridized carbons (Fsp3) is 0.950. The molecule has 0 spiro atoms. The molecule has 5 nitrogen and oxygen atoms in total. The first-order chi connectivity index (χ1) is 11.4. The lowest BCUT2D eigenvalue weighted by Crippen LogP contribution is -2.60. The maximum Gasteiger partial charge on any atom is 0.410 e. The Morgan fingerprint density at radius 3 is 2.36 bits per heavy atom.